The van der Waals surface area contributed by atoms with Gasteiger partial charge >= 0.3 is 5.97 Å². The van der Waals surface area contributed by atoms with Gasteiger partial charge in [0.15, 0.2) is 0 Å². The third-order valence-electron chi connectivity index (χ3n) is 2.76. The van der Waals surface area contributed by atoms with E-state index in [4.69, 9.17) is 4.74 Å². The zero-order valence-electron chi connectivity index (χ0n) is 12.8. The Morgan fingerprint density at radius 2 is 1.89 bits per heavy atom. The second-order valence-corrected chi connectivity index (χ2v) is 7.74. The van der Waals surface area contributed by atoms with Gasteiger partial charge < -0.3 is 10.1 Å². The van der Waals surface area contributed by atoms with Gasteiger partial charge in [0.05, 0.1) is 7.11 Å². The molecule has 0 fully saturated rings. The predicted molar refractivity (Wildman–Crippen MR) is 80.2 cm³/mol. The highest BCUT2D eigenvalue weighted by Crippen LogP contribution is 2.25. The summed E-state index contributed by atoms with van der Waals surface area (Å²) in [6.45, 7) is 11.5. The van der Waals surface area contributed by atoms with E-state index in [1.54, 1.807) is 0 Å². The molecule has 0 heterocycles. The predicted octanol–water partition coefficient (Wildman–Crippen LogP) is 3.23. The fraction of sp³-hybridized carbons (Fsp3) is 0.929. The molecule has 0 spiro atoms. The molecule has 1 unspecified atom stereocenters. The first-order chi connectivity index (χ1) is 8.25. The zero-order chi connectivity index (χ0) is 14.2. The topological polar surface area (TPSA) is 38.3 Å². The van der Waals surface area contributed by atoms with Crippen LogP contribution in [-0.4, -0.2) is 35.7 Å². The third kappa shape index (κ3) is 7.27. The fourth-order valence-electron chi connectivity index (χ4n) is 1.69. The highest BCUT2D eigenvalue weighted by molar-refractivity contribution is 8.00. The molecule has 0 aliphatic heterocycles. The van der Waals surface area contributed by atoms with Gasteiger partial charge in [0.1, 0.15) is 5.54 Å². The van der Waals surface area contributed by atoms with Crippen LogP contribution >= 0.6 is 11.8 Å². The summed E-state index contributed by atoms with van der Waals surface area (Å²) in [4.78, 5) is 11.8. The Bertz CT molecular complexity index is 251. The average Bonchev–Trinajstić information content (AvgIpc) is 2.30. The van der Waals surface area contributed by atoms with Gasteiger partial charge in [0.2, 0.25) is 0 Å². The molecule has 0 saturated heterocycles. The van der Waals surface area contributed by atoms with E-state index in [1.807, 2.05) is 18.7 Å². The SMILES string of the molecule is CCCNC(C)(CCCSC(C)(C)C)C(=O)OC. The van der Waals surface area contributed by atoms with Crippen LogP contribution in [0.5, 0.6) is 0 Å². The number of ether oxygens (including phenoxy) is 1. The molecule has 1 N–H and O–H groups in total. The Morgan fingerprint density at radius 1 is 1.28 bits per heavy atom. The van der Waals surface area contributed by atoms with Crippen molar-refractivity contribution in [3.05, 3.63) is 0 Å². The smallest absolute Gasteiger partial charge is 0.325 e. The van der Waals surface area contributed by atoms with E-state index in [1.165, 1.54) is 7.11 Å². The van der Waals surface area contributed by atoms with E-state index in [2.05, 4.69) is 33.0 Å². The minimum Gasteiger partial charge on any atom is -0.468 e. The molecule has 0 saturated carbocycles. The summed E-state index contributed by atoms with van der Waals surface area (Å²) in [5, 5.41) is 3.31. The second-order valence-electron chi connectivity index (χ2n) is 5.81. The van der Waals surface area contributed by atoms with Gasteiger partial charge in [-0.25, -0.2) is 0 Å². The number of rotatable bonds is 8. The molecule has 0 aliphatic rings. The highest BCUT2D eigenvalue weighted by Gasteiger charge is 2.32. The molecule has 108 valence electrons. The first-order valence-corrected chi connectivity index (χ1v) is 7.71. The molecule has 0 aliphatic carbocycles. The average molecular weight is 275 g/mol. The number of esters is 1. The Hall–Kier alpha value is -0.220. The molecular formula is C14H29NO2S. The van der Waals surface area contributed by atoms with Crippen LogP contribution in [0.3, 0.4) is 0 Å². The molecular weight excluding hydrogens is 246 g/mol. The highest BCUT2D eigenvalue weighted by atomic mass is 32.2. The van der Waals surface area contributed by atoms with Crippen LogP contribution in [0.25, 0.3) is 0 Å². The summed E-state index contributed by atoms with van der Waals surface area (Å²) in [6, 6.07) is 0. The van der Waals surface area contributed by atoms with Crippen LogP contribution in [0.15, 0.2) is 0 Å². The molecule has 18 heavy (non-hydrogen) atoms. The largest absolute Gasteiger partial charge is 0.468 e. The number of carbonyl (C=O) groups is 1. The Kier molecular flexibility index (Phi) is 7.95. The third-order valence-corrected chi connectivity index (χ3v) is 4.12. The summed E-state index contributed by atoms with van der Waals surface area (Å²) in [5.41, 5.74) is -0.538. The van der Waals surface area contributed by atoms with Crippen LogP contribution in [0, 0.1) is 0 Å². The lowest BCUT2D eigenvalue weighted by atomic mass is 9.96. The summed E-state index contributed by atoms with van der Waals surface area (Å²) in [6.07, 6.45) is 2.86. The molecule has 0 aromatic carbocycles. The van der Waals surface area contributed by atoms with Crippen molar-refractivity contribution in [1.82, 2.24) is 5.32 Å². The van der Waals surface area contributed by atoms with Crippen molar-refractivity contribution in [2.45, 2.75) is 64.2 Å². The monoisotopic (exact) mass is 275 g/mol. The normalized spacial score (nSPS) is 15.2. The lowest BCUT2D eigenvalue weighted by Gasteiger charge is -2.28. The van der Waals surface area contributed by atoms with E-state index in [0.717, 1.165) is 31.6 Å². The number of methoxy groups -OCH3 is 1. The minimum atomic E-state index is -0.538. The molecule has 0 radical (unpaired) electrons. The van der Waals surface area contributed by atoms with Gasteiger partial charge in [-0.2, -0.15) is 11.8 Å². The van der Waals surface area contributed by atoms with Crippen molar-refractivity contribution in [3.63, 3.8) is 0 Å². The second kappa shape index (κ2) is 8.05. The van der Waals surface area contributed by atoms with Gasteiger partial charge in [-0.15, -0.1) is 0 Å². The van der Waals surface area contributed by atoms with Gasteiger partial charge in [0.25, 0.3) is 0 Å². The minimum absolute atomic E-state index is 0.156. The molecule has 0 bridgehead atoms. The van der Waals surface area contributed by atoms with Gasteiger partial charge in [-0.05, 0) is 38.5 Å². The van der Waals surface area contributed by atoms with Crippen molar-refractivity contribution in [3.8, 4) is 0 Å². The van der Waals surface area contributed by atoms with Gasteiger partial charge in [0, 0.05) is 4.75 Å². The van der Waals surface area contributed by atoms with Crippen molar-refractivity contribution in [2.24, 2.45) is 0 Å². The first-order valence-electron chi connectivity index (χ1n) is 6.72. The maximum atomic E-state index is 11.8. The summed E-state index contributed by atoms with van der Waals surface area (Å²) in [5.74, 6) is 0.917. The number of carbonyl (C=O) groups excluding carboxylic acids is 1. The van der Waals surface area contributed by atoms with Crippen molar-refractivity contribution in [2.75, 3.05) is 19.4 Å². The van der Waals surface area contributed by atoms with Crippen LogP contribution in [-0.2, 0) is 9.53 Å². The van der Waals surface area contributed by atoms with Crippen molar-refractivity contribution >= 4 is 17.7 Å². The lowest BCUT2D eigenvalue weighted by Crippen LogP contribution is -2.50. The zero-order valence-corrected chi connectivity index (χ0v) is 13.6. The number of thioether (sulfide) groups is 1. The number of nitrogens with one attached hydrogen (secondary N) is 1. The fourth-order valence-corrected chi connectivity index (χ4v) is 2.59. The Morgan fingerprint density at radius 3 is 2.33 bits per heavy atom. The van der Waals surface area contributed by atoms with Crippen molar-refractivity contribution < 1.29 is 9.53 Å². The van der Waals surface area contributed by atoms with Crippen LogP contribution in [0.4, 0.5) is 0 Å². The maximum absolute atomic E-state index is 11.8. The van der Waals surface area contributed by atoms with E-state index >= 15 is 0 Å². The molecule has 3 nitrogen and oxygen atoms in total. The Labute approximate surface area is 116 Å². The van der Waals surface area contributed by atoms with E-state index < -0.39 is 5.54 Å². The number of hydrogen-bond donors (Lipinski definition) is 1. The Balaban J connectivity index is 4.21. The van der Waals surface area contributed by atoms with E-state index in [9.17, 15) is 4.79 Å². The van der Waals surface area contributed by atoms with Crippen molar-refractivity contribution in [1.29, 1.82) is 0 Å². The van der Waals surface area contributed by atoms with E-state index in [-0.39, 0.29) is 5.97 Å². The lowest BCUT2D eigenvalue weighted by molar-refractivity contribution is -0.148. The van der Waals surface area contributed by atoms with Crippen LogP contribution in [0.1, 0.15) is 53.9 Å². The number of hydrogen-bond acceptors (Lipinski definition) is 4. The molecule has 0 aromatic rings. The first kappa shape index (κ1) is 17.8. The molecule has 0 amide bonds. The van der Waals surface area contributed by atoms with Crippen LogP contribution in [0.2, 0.25) is 0 Å². The standard InChI is InChI=1S/C14H29NO2S/c1-7-10-15-14(5,12(16)17-6)9-8-11-18-13(2,3)4/h15H,7-11H2,1-6H3. The molecule has 1 atom stereocenters. The summed E-state index contributed by atoms with van der Waals surface area (Å²) in [7, 11) is 1.46. The molecule has 0 rings (SSSR count). The maximum Gasteiger partial charge on any atom is 0.325 e. The quantitative estimate of drug-likeness (QED) is 0.545. The summed E-state index contributed by atoms with van der Waals surface area (Å²) >= 11 is 1.94. The van der Waals surface area contributed by atoms with Crippen LogP contribution < -0.4 is 5.32 Å². The summed E-state index contributed by atoms with van der Waals surface area (Å²) < 4.78 is 5.19. The van der Waals surface area contributed by atoms with E-state index in [0.29, 0.717) is 4.75 Å². The molecule has 0 aromatic heterocycles. The van der Waals surface area contributed by atoms with Gasteiger partial charge in [-0.1, -0.05) is 27.7 Å². The van der Waals surface area contributed by atoms with Gasteiger partial charge in [-0.3, -0.25) is 4.79 Å². The molecule has 4 heteroatoms.